The van der Waals surface area contributed by atoms with Gasteiger partial charge in [-0.3, -0.25) is 0 Å². The first-order valence-corrected chi connectivity index (χ1v) is 4.23. The molecule has 0 aromatic heterocycles. The Labute approximate surface area is 28.9 Å². The summed E-state index contributed by atoms with van der Waals surface area (Å²) in [7, 11) is 1.17. The van der Waals surface area contributed by atoms with Crippen molar-refractivity contribution in [1.82, 2.24) is 0 Å². The SMILES string of the molecule is C1S2=S1O2. The van der Waals surface area contributed by atoms with E-state index in [-0.39, 0.29) is 0 Å². The van der Waals surface area contributed by atoms with E-state index in [1.807, 2.05) is 0 Å². The zero-order chi connectivity index (χ0) is 2.57. The fourth-order valence-corrected chi connectivity index (χ4v) is 2.55. The highest BCUT2D eigenvalue weighted by atomic mass is 33.0. The predicted octanol–water partition coefficient (Wildman–Crippen LogP) is -0.0307. The summed E-state index contributed by atoms with van der Waals surface area (Å²) in [5.41, 5.74) is 0. The van der Waals surface area contributed by atoms with Crippen LogP contribution >= 0.6 is 0 Å². The monoisotopic (exact) mass is 94.0 g/mol. The first kappa shape index (κ1) is 1.95. The van der Waals surface area contributed by atoms with E-state index in [0.717, 1.165) is 0 Å². The van der Waals surface area contributed by atoms with E-state index >= 15 is 0 Å². The summed E-state index contributed by atoms with van der Waals surface area (Å²) in [5, 5.41) is 1.42. The second-order valence-corrected chi connectivity index (χ2v) is 5.73. The third kappa shape index (κ3) is 0.0977. The fraction of sp³-hybridized carbons (Fsp3) is 1.00. The average Bonchev–Trinajstić information content (AvgIpc) is 1.36. The predicted molar refractivity (Wildman–Crippen MR) is 20.7 cm³/mol. The van der Waals surface area contributed by atoms with Crippen LogP contribution in [0.3, 0.4) is 0 Å². The maximum absolute atomic E-state index is 4.86. The molecule has 0 saturated carbocycles. The van der Waals surface area contributed by atoms with Gasteiger partial charge >= 0.3 is 0 Å². The highest BCUT2D eigenvalue weighted by Gasteiger charge is 2.37. The third-order valence-electron chi connectivity index (χ3n) is 0.475. The van der Waals surface area contributed by atoms with Crippen LogP contribution in [-0.4, -0.2) is 5.08 Å². The van der Waals surface area contributed by atoms with E-state index < -0.39 is 0 Å². The second kappa shape index (κ2) is 0.345. The molecule has 24 valence electrons. The van der Waals surface area contributed by atoms with Gasteiger partial charge in [-0.2, -0.15) is 0 Å². The lowest BCUT2D eigenvalue weighted by Crippen LogP contribution is -1.76. The Bertz CT molecular complexity index is 74.2. The van der Waals surface area contributed by atoms with Gasteiger partial charge in [-0.25, -0.2) is 3.63 Å². The summed E-state index contributed by atoms with van der Waals surface area (Å²) >= 11 is 0. The zero-order valence-corrected chi connectivity index (χ0v) is 3.56. The minimum absolute atomic E-state index is 0.583. The molecule has 0 aliphatic carbocycles. The van der Waals surface area contributed by atoms with E-state index in [0.29, 0.717) is 19.5 Å². The largest absolute Gasteiger partial charge is 0.245 e. The van der Waals surface area contributed by atoms with Crippen LogP contribution < -0.4 is 0 Å². The van der Waals surface area contributed by atoms with Gasteiger partial charge in [-0.15, -0.1) is 0 Å². The molecule has 0 spiro atoms. The van der Waals surface area contributed by atoms with Crippen molar-refractivity contribution in [3.05, 3.63) is 0 Å². The lowest BCUT2D eigenvalue weighted by atomic mass is 11.9. The van der Waals surface area contributed by atoms with Crippen molar-refractivity contribution >= 4 is 19.5 Å². The van der Waals surface area contributed by atoms with Crippen molar-refractivity contribution in [3.63, 3.8) is 0 Å². The van der Waals surface area contributed by atoms with Crippen LogP contribution in [0.4, 0.5) is 0 Å². The van der Waals surface area contributed by atoms with Crippen molar-refractivity contribution < 1.29 is 3.63 Å². The molecule has 2 heterocycles. The lowest BCUT2D eigenvalue weighted by Gasteiger charge is -1.72. The van der Waals surface area contributed by atoms with Gasteiger partial charge in [0.25, 0.3) is 0 Å². The molecular weight excluding hydrogens is 92.1 g/mol. The van der Waals surface area contributed by atoms with Crippen molar-refractivity contribution in [2.45, 2.75) is 0 Å². The molecule has 0 N–H and O–H groups in total. The summed E-state index contributed by atoms with van der Waals surface area (Å²) in [6.07, 6.45) is 0. The molecule has 4 heavy (non-hydrogen) atoms. The Kier molecular flexibility index (Phi) is 0.168. The van der Waals surface area contributed by atoms with Gasteiger partial charge in [0.1, 0.15) is 0 Å². The van der Waals surface area contributed by atoms with Crippen LogP contribution in [0.1, 0.15) is 0 Å². The Morgan fingerprint density at radius 1 is 1.50 bits per heavy atom. The Morgan fingerprint density at radius 3 is 1.75 bits per heavy atom. The smallest absolute Gasteiger partial charge is 0.0944 e. The summed E-state index contributed by atoms with van der Waals surface area (Å²) < 4.78 is 4.86. The van der Waals surface area contributed by atoms with Crippen LogP contribution in [0, 0.1) is 0 Å². The standard InChI is InChI=1S/CH2OS2/c1-3-2-4(1)3/h1H2. The molecule has 0 fully saturated rings. The molecule has 2 aliphatic heterocycles. The summed E-state index contributed by atoms with van der Waals surface area (Å²) in [5.74, 6) is 0. The third-order valence-corrected chi connectivity index (χ3v) is 4.27. The minimum atomic E-state index is 0.583. The van der Waals surface area contributed by atoms with Crippen molar-refractivity contribution in [1.29, 1.82) is 0 Å². The highest BCUT2D eigenvalue weighted by Crippen LogP contribution is 2.33. The first-order valence-electron chi connectivity index (χ1n) is 1.08. The topological polar surface area (TPSA) is 12.5 Å². The fourth-order valence-electron chi connectivity index (χ4n) is 0.127. The van der Waals surface area contributed by atoms with E-state index in [4.69, 9.17) is 3.63 Å². The lowest BCUT2D eigenvalue weighted by molar-refractivity contribution is 0.768. The molecule has 0 aromatic carbocycles. The van der Waals surface area contributed by atoms with E-state index in [1.165, 1.54) is 5.08 Å². The van der Waals surface area contributed by atoms with Crippen LogP contribution in [0.2, 0.25) is 0 Å². The van der Waals surface area contributed by atoms with Crippen LogP contribution in [-0.2, 0) is 23.1 Å². The Hall–Kier alpha value is 0.660. The van der Waals surface area contributed by atoms with Crippen LogP contribution in [0.25, 0.3) is 0 Å². The molecule has 0 amide bonds. The summed E-state index contributed by atoms with van der Waals surface area (Å²) in [6.45, 7) is 0. The normalized spacial score (nSPS) is 66.0. The second-order valence-electron chi connectivity index (χ2n) is 0.793. The van der Waals surface area contributed by atoms with E-state index in [1.54, 1.807) is 0 Å². The molecule has 2 unspecified atom stereocenters. The Balaban J connectivity index is 2.77. The molecule has 2 aliphatic rings. The van der Waals surface area contributed by atoms with Gasteiger partial charge in [0.05, 0.1) is 5.08 Å². The molecular formula is CH2OS2. The number of hydrogen-bond donors (Lipinski definition) is 0. The average molecular weight is 94.2 g/mol. The van der Waals surface area contributed by atoms with Gasteiger partial charge in [-0.05, 0) is 0 Å². The van der Waals surface area contributed by atoms with Crippen molar-refractivity contribution in [2.24, 2.45) is 0 Å². The van der Waals surface area contributed by atoms with Crippen LogP contribution in [0.5, 0.6) is 0 Å². The van der Waals surface area contributed by atoms with Crippen molar-refractivity contribution in [3.8, 4) is 0 Å². The maximum atomic E-state index is 4.86. The molecule has 0 bridgehead atoms. The van der Waals surface area contributed by atoms with Gasteiger partial charge in [0.15, 0.2) is 0 Å². The summed E-state index contributed by atoms with van der Waals surface area (Å²) in [4.78, 5) is 0. The minimum Gasteiger partial charge on any atom is -0.245 e. The molecule has 1 nitrogen and oxygen atoms in total. The molecule has 2 atom stereocenters. The zero-order valence-electron chi connectivity index (χ0n) is 1.93. The number of hydrogen-bond acceptors (Lipinski definition) is 1. The van der Waals surface area contributed by atoms with Crippen LogP contribution in [0.15, 0.2) is 0 Å². The molecule has 0 saturated heterocycles. The quantitative estimate of drug-likeness (QED) is 0.410. The summed E-state index contributed by atoms with van der Waals surface area (Å²) in [6, 6.07) is 0. The first-order chi connectivity index (χ1) is 1.97. The Morgan fingerprint density at radius 2 is 1.75 bits per heavy atom. The maximum Gasteiger partial charge on any atom is 0.0944 e. The van der Waals surface area contributed by atoms with E-state index in [2.05, 4.69) is 0 Å². The molecule has 2 rings (SSSR count). The molecule has 3 heteroatoms. The van der Waals surface area contributed by atoms with E-state index in [9.17, 15) is 0 Å². The molecule has 0 radical (unpaired) electrons. The van der Waals surface area contributed by atoms with Crippen molar-refractivity contribution in [2.75, 3.05) is 5.08 Å². The van der Waals surface area contributed by atoms with Gasteiger partial charge in [0, 0.05) is 19.5 Å². The number of rotatable bonds is 0. The van der Waals surface area contributed by atoms with Gasteiger partial charge < -0.3 is 0 Å². The molecule has 0 aromatic rings. The van der Waals surface area contributed by atoms with Gasteiger partial charge in [-0.1, -0.05) is 0 Å². The van der Waals surface area contributed by atoms with Gasteiger partial charge in [0.2, 0.25) is 0 Å². The highest BCUT2D eigenvalue weighted by molar-refractivity contribution is 8.67.